The van der Waals surface area contributed by atoms with E-state index >= 15 is 0 Å². The summed E-state index contributed by atoms with van der Waals surface area (Å²) in [4.78, 5) is 4.65. The molecule has 4 heteroatoms. The maximum atomic E-state index is 6.10. The molecule has 4 nitrogen and oxygen atoms in total. The lowest BCUT2D eigenvalue weighted by Gasteiger charge is -2.08. The highest BCUT2D eigenvalue weighted by atomic mass is 15.3. The van der Waals surface area contributed by atoms with Gasteiger partial charge in [0.25, 0.3) is 0 Å². The number of aromatic nitrogens is 3. The Bertz CT molecular complexity index is 787. The summed E-state index contributed by atoms with van der Waals surface area (Å²) in [5.74, 6) is 0.633. The second kappa shape index (κ2) is 4.63. The van der Waals surface area contributed by atoms with Gasteiger partial charge in [0.1, 0.15) is 5.82 Å². The Morgan fingerprint density at radius 1 is 1.15 bits per heavy atom. The summed E-state index contributed by atoms with van der Waals surface area (Å²) >= 11 is 0. The summed E-state index contributed by atoms with van der Waals surface area (Å²) in [5, 5.41) is 4.31. The minimum absolute atomic E-state index is 0.633. The molecule has 0 aliphatic carbocycles. The van der Waals surface area contributed by atoms with Crippen molar-refractivity contribution >= 4 is 11.5 Å². The van der Waals surface area contributed by atoms with Gasteiger partial charge in [0, 0.05) is 11.8 Å². The standard InChI is InChI=1S/C16H18N4/c1-4-14-15(17)20-16(19-14)13(7-8-18-20)12-6-5-10(2)9-11(12)3/h5-9H,4,17H2,1-3H3. The van der Waals surface area contributed by atoms with Gasteiger partial charge in [-0.25, -0.2) is 4.98 Å². The van der Waals surface area contributed by atoms with Gasteiger partial charge in [-0.1, -0.05) is 30.7 Å². The van der Waals surface area contributed by atoms with Crippen LogP contribution in [0.5, 0.6) is 0 Å². The van der Waals surface area contributed by atoms with E-state index in [0.29, 0.717) is 5.82 Å². The number of rotatable bonds is 2. The number of nitrogen functional groups attached to an aromatic ring is 1. The van der Waals surface area contributed by atoms with E-state index in [1.54, 1.807) is 10.7 Å². The van der Waals surface area contributed by atoms with E-state index in [1.807, 2.05) is 6.07 Å². The molecule has 0 fully saturated rings. The molecule has 0 saturated heterocycles. The number of hydrogen-bond acceptors (Lipinski definition) is 3. The predicted molar refractivity (Wildman–Crippen MR) is 81.7 cm³/mol. The van der Waals surface area contributed by atoms with Gasteiger partial charge >= 0.3 is 0 Å². The van der Waals surface area contributed by atoms with Gasteiger partial charge in [-0.2, -0.15) is 9.61 Å². The van der Waals surface area contributed by atoms with Crippen LogP contribution in [0.15, 0.2) is 30.5 Å². The molecule has 0 bridgehead atoms. The van der Waals surface area contributed by atoms with Crippen molar-refractivity contribution in [3.05, 3.63) is 47.3 Å². The van der Waals surface area contributed by atoms with Gasteiger partial charge in [-0.15, -0.1) is 0 Å². The maximum absolute atomic E-state index is 6.10. The first kappa shape index (κ1) is 12.7. The fourth-order valence-electron chi connectivity index (χ4n) is 2.60. The normalized spacial score (nSPS) is 11.2. The molecule has 0 spiro atoms. The SMILES string of the molecule is CCc1nc2c(-c3ccc(C)cc3C)ccnn2c1N. The predicted octanol–water partition coefficient (Wildman–Crippen LogP) is 3.16. The summed E-state index contributed by atoms with van der Waals surface area (Å²) < 4.78 is 1.73. The highest BCUT2D eigenvalue weighted by molar-refractivity contribution is 5.80. The lowest BCUT2D eigenvalue weighted by molar-refractivity contribution is 0.944. The monoisotopic (exact) mass is 266 g/mol. The molecular weight excluding hydrogens is 248 g/mol. The zero-order chi connectivity index (χ0) is 14.3. The first-order valence-electron chi connectivity index (χ1n) is 6.81. The molecule has 3 rings (SSSR count). The molecule has 1 aromatic carbocycles. The van der Waals surface area contributed by atoms with Crippen molar-refractivity contribution in [3.63, 3.8) is 0 Å². The summed E-state index contributed by atoms with van der Waals surface area (Å²) in [5.41, 5.74) is 12.6. The van der Waals surface area contributed by atoms with Gasteiger partial charge in [-0.3, -0.25) is 0 Å². The van der Waals surface area contributed by atoms with Gasteiger partial charge in [-0.05, 0) is 37.5 Å². The van der Waals surface area contributed by atoms with Crippen LogP contribution in [0.1, 0.15) is 23.7 Å². The smallest absolute Gasteiger partial charge is 0.164 e. The number of fused-ring (bicyclic) bond motifs is 1. The van der Waals surface area contributed by atoms with Gasteiger partial charge in [0.15, 0.2) is 5.65 Å². The van der Waals surface area contributed by atoms with Crippen molar-refractivity contribution in [2.24, 2.45) is 0 Å². The maximum Gasteiger partial charge on any atom is 0.164 e. The van der Waals surface area contributed by atoms with Crippen LogP contribution in [0.4, 0.5) is 5.82 Å². The number of imidazole rings is 1. The Labute approximate surface area is 118 Å². The first-order chi connectivity index (χ1) is 9.61. The van der Waals surface area contributed by atoms with Crippen LogP contribution < -0.4 is 5.73 Å². The Balaban J connectivity index is 2.31. The van der Waals surface area contributed by atoms with Gasteiger partial charge < -0.3 is 5.73 Å². The molecule has 0 radical (unpaired) electrons. The van der Waals surface area contributed by atoms with E-state index in [0.717, 1.165) is 23.3 Å². The number of nitrogens with two attached hydrogens (primary N) is 1. The average Bonchev–Trinajstić information content (AvgIpc) is 2.76. The van der Waals surface area contributed by atoms with E-state index in [9.17, 15) is 0 Å². The summed E-state index contributed by atoms with van der Waals surface area (Å²) in [7, 11) is 0. The van der Waals surface area contributed by atoms with E-state index in [4.69, 9.17) is 5.73 Å². The number of anilines is 1. The molecule has 0 amide bonds. The number of aryl methyl sites for hydroxylation is 3. The van der Waals surface area contributed by atoms with E-state index < -0.39 is 0 Å². The third-order valence-corrected chi connectivity index (χ3v) is 3.64. The molecule has 0 saturated carbocycles. The van der Waals surface area contributed by atoms with Gasteiger partial charge in [0.05, 0.1) is 5.69 Å². The van der Waals surface area contributed by atoms with Crippen LogP contribution in [0, 0.1) is 13.8 Å². The van der Waals surface area contributed by atoms with Crippen LogP contribution in [0.2, 0.25) is 0 Å². The second-order valence-corrected chi connectivity index (χ2v) is 5.10. The number of hydrogen-bond donors (Lipinski definition) is 1. The van der Waals surface area contributed by atoms with Crippen LogP contribution in [0.25, 0.3) is 16.8 Å². The van der Waals surface area contributed by atoms with E-state index in [1.165, 1.54) is 16.7 Å². The third kappa shape index (κ3) is 1.84. The number of nitrogens with zero attached hydrogens (tertiary/aromatic N) is 3. The zero-order valence-corrected chi connectivity index (χ0v) is 12.0. The highest BCUT2D eigenvalue weighted by Gasteiger charge is 2.14. The second-order valence-electron chi connectivity index (χ2n) is 5.10. The quantitative estimate of drug-likeness (QED) is 0.775. The molecule has 0 aliphatic rings. The fourth-order valence-corrected chi connectivity index (χ4v) is 2.60. The fraction of sp³-hybridized carbons (Fsp3) is 0.250. The molecule has 2 heterocycles. The van der Waals surface area contributed by atoms with E-state index in [2.05, 4.69) is 49.1 Å². The van der Waals surface area contributed by atoms with Crippen LogP contribution in [0.3, 0.4) is 0 Å². The molecule has 3 aromatic rings. The Morgan fingerprint density at radius 2 is 1.95 bits per heavy atom. The molecule has 0 unspecified atom stereocenters. The largest absolute Gasteiger partial charge is 0.382 e. The van der Waals surface area contributed by atoms with Crippen molar-refractivity contribution < 1.29 is 0 Å². The van der Waals surface area contributed by atoms with Crippen molar-refractivity contribution in [1.82, 2.24) is 14.6 Å². The minimum Gasteiger partial charge on any atom is -0.382 e. The molecule has 0 atom stereocenters. The van der Waals surface area contributed by atoms with Crippen molar-refractivity contribution in [1.29, 1.82) is 0 Å². The van der Waals surface area contributed by atoms with Crippen LogP contribution in [-0.4, -0.2) is 14.6 Å². The third-order valence-electron chi connectivity index (χ3n) is 3.64. The molecule has 102 valence electrons. The van der Waals surface area contributed by atoms with Crippen molar-refractivity contribution in [2.75, 3.05) is 5.73 Å². The molecule has 0 aliphatic heterocycles. The lowest BCUT2D eigenvalue weighted by Crippen LogP contribution is -1.99. The topological polar surface area (TPSA) is 56.2 Å². The highest BCUT2D eigenvalue weighted by Crippen LogP contribution is 2.29. The van der Waals surface area contributed by atoms with Crippen molar-refractivity contribution in [2.45, 2.75) is 27.2 Å². The zero-order valence-electron chi connectivity index (χ0n) is 12.0. The lowest BCUT2D eigenvalue weighted by atomic mass is 10.00. The van der Waals surface area contributed by atoms with Crippen molar-refractivity contribution in [3.8, 4) is 11.1 Å². The molecule has 2 aromatic heterocycles. The summed E-state index contributed by atoms with van der Waals surface area (Å²) in [6.45, 7) is 6.27. The van der Waals surface area contributed by atoms with E-state index in [-0.39, 0.29) is 0 Å². The van der Waals surface area contributed by atoms with Crippen LogP contribution in [-0.2, 0) is 6.42 Å². The molecule has 2 N–H and O–H groups in total. The van der Waals surface area contributed by atoms with Gasteiger partial charge in [0.2, 0.25) is 0 Å². The Kier molecular flexibility index (Phi) is 2.93. The Morgan fingerprint density at radius 3 is 2.65 bits per heavy atom. The number of benzene rings is 1. The molecule has 20 heavy (non-hydrogen) atoms. The summed E-state index contributed by atoms with van der Waals surface area (Å²) in [6.07, 6.45) is 2.58. The van der Waals surface area contributed by atoms with Crippen LogP contribution >= 0.6 is 0 Å². The average molecular weight is 266 g/mol. The first-order valence-corrected chi connectivity index (χ1v) is 6.81. The minimum atomic E-state index is 0.633. The summed E-state index contributed by atoms with van der Waals surface area (Å²) in [6, 6.07) is 8.43. The Hall–Kier alpha value is -2.36. The molecular formula is C16H18N4.